The van der Waals surface area contributed by atoms with Crippen LogP contribution in [-0.4, -0.2) is 35.2 Å². The van der Waals surface area contributed by atoms with E-state index in [-0.39, 0.29) is 5.91 Å². The highest BCUT2D eigenvalue weighted by molar-refractivity contribution is 5.89. The molecule has 0 saturated heterocycles. The van der Waals surface area contributed by atoms with Crippen LogP contribution in [0.5, 0.6) is 0 Å². The van der Waals surface area contributed by atoms with Crippen LogP contribution in [0.15, 0.2) is 0 Å². The van der Waals surface area contributed by atoms with E-state index >= 15 is 0 Å². The molecule has 2 aliphatic rings. The summed E-state index contributed by atoms with van der Waals surface area (Å²) in [5, 5.41) is 9.52. The Bertz CT molecular complexity index is 455. The van der Waals surface area contributed by atoms with Gasteiger partial charge in [-0.3, -0.25) is 10.1 Å². The average Bonchev–Trinajstić information content (AvgIpc) is 2.76. The molecule has 2 aliphatic carbocycles. The Balaban J connectivity index is 1.53. The van der Waals surface area contributed by atoms with Crippen molar-refractivity contribution in [3.63, 3.8) is 0 Å². The highest BCUT2D eigenvalue weighted by Gasteiger charge is 2.48. The summed E-state index contributed by atoms with van der Waals surface area (Å²) in [6.45, 7) is 0. The van der Waals surface area contributed by atoms with Crippen LogP contribution in [-0.2, 0) is 4.79 Å². The number of nitrogens with one attached hydrogen (secondary N) is 2. The first-order chi connectivity index (χ1) is 8.63. The lowest BCUT2D eigenvalue weighted by atomic mass is 9.99. The van der Waals surface area contributed by atoms with Gasteiger partial charge in [-0.1, -0.05) is 0 Å². The number of amides is 1. The van der Waals surface area contributed by atoms with E-state index in [1.807, 2.05) is 14.1 Å². The van der Waals surface area contributed by atoms with E-state index in [0.29, 0.717) is 24.2 Å². The monoisotopic (exact) mass is 249 g/mol. The van der Waals surface area contributed by atoms with E-state index in [1.54, 1.807) is 4.90 Å². The molecule has 18 heavy (non-hydrogen) atoms. The number of carbonyl (C=O) groups is 1. The number of carbonyl (C=O) groups excluding carboxylic acids is 1. The first-order valence-electron chi connectivity index (χ1n) is 6.53. The maximum Gasteiger partial charge on any atom is 0.245 e. The van der Waals surface area contributed by atoms with Gasteiger partial charge in [0, 0.05) is 20.5 Å². The molecule has 6 nitrogen and oxygen atoms in total. The largest absolute Gasteiger partial charge is 0.346 e. The Morgan fingerprint density at radius 1 is 1.50 bits per heavy atom. The van der Waals surface area contributed by atoms with Crippen molar-refractivity contribution in [3.05, 3.63) is 0 Å². The summed E-state index contributed by atoms with van der Waals surface area (Å²) >= 11 is 0. The molecule has 1 heterocycles. The molecule has 0 spiro atoms. The second-order valence-electron chi connectivity index (χ2n) is 5.63. The summed E-state index contributed by atoms with van der Waals surface area (Å²) in [5.41, 5.74) is 0. The Kier molecular flexibility index (Phi) is 2.72. The molecule has 0 radical (unpaired) electrons. The Labute approximate surface area is 106 Å². The fourth-order valence-electron chi connectivity index (χ4n) is 3.01. The van der Waals surface area contributed by atoms with Crippen molar-refractivity contribution in [2.45, 2.75) is 25.7 Å². The highest BCUT2D eigenvalue weighted by atomic mass is 16.1. The zero-order chi connectivity index (χ0) is 12.7. The number of H-pyrrole nitrogens is 1. The molecule has 6 heteroatoms. The van der Waals surface area contributed by atoms with Crippen molar-refractivity contribution in [1.29, 1.82) is 0 Å². The molecule has 2 N–H and O–H groups in total. The lowest BCUT2D eigenvalue weighted by Crippen LogP contribution is -2.17. The van der Waals surface area contributed by atoms with E-state index in [2.05, 4.69) is 20.5 Å². The molecule has 1 amide bonds. The number of fused-ring (bicyclic) bond motifs is 1. The number of aromatic amines is 1. The number of nitrogens with zero attached hydrogens (tertiary/aromatic N) is 3. The third-order valence-corrected chi connectivity index (χ3v) is 4.07. The van der Waals surface area contributed by atoms with Crippen molar-refractivity contribution in [2.75, 3.05) is 24.3 Å². The van der Waals surface area contributed by atoms with E-state index in [1.165, 1.54) is 19.3 Å². The van der Waals surface area contributed by atoms with Gasteiger partial charge >= 0.3 is 0 Å². The molecule has 3 atom stereocenters. The van der Waals surface area contributed by atoms with Gasteiger partial charge in [-0.15, -0.1) is 5.10 Å². The van der Waals surface area contributed by atoms with Crippen LogP contribution >= 0.6 is 0 Å². The van der Waals surface area contributed by atoms with Crippen molar-refractivity contribution in [3.8, 4) is 0 Å². The molecule has 1 aromatic rings. The van der Waals surface area contributed by atoms with Gasteiger partial charge in [0.05, 0.1) is 0 Å². The van der Waals surface area contributed by atoms with Gasteiger partial charge in [0.2, 0.25) is 17.8 Å². The van der Waals surface area contributed by atoms with Crippen LogP contribution in [0, 0.1) is 17.8 Å². The van der Waals surface area contributed by atoms with Gasteiger partial charge in [0.25, 0.3) is 0 Å². The molecule has 2 fully saturated rings. The van der Waals surface area contributed by atoms with Crippen molar-refractivity contribution < 1.29 is 4.79 Å². The Hall–Kier alpha value is -1.59. The normalized spacial score (nSPS) is 28.9. The third-order valence-electron chi connectivity index (χ3n) is 4.07. The molecular formula is C12H19N5O. The Morgan fingerprint density at radius 3 is 2.89 bits per heavy atom. The van der Waals surface area contributed by atoms with Crippen LogP contribution in [0.1, 0.15) is 25.7 Å². The molecule has 2 saturated carbocycles. The van der Waals surface area contributed by atoms with Crippen LogP contribution in [0.25, 0.3) is 0 Å². The van der Waals surface area contributed by atoms with E-state index in [9.17, 15) is 4.79 Å². The van der Waals surface area contributed by atoms with Gasteiger partial charge in [-0.05, 0) is 37.0 Å². The van der Waals surface area contributed by atoms with Gasteiger partial charge in [0.1, 0.15) is 0 Å². The van der Waals surface area contributed by atoms with Gasteiger partial charge in [0.15, 0.2) is 0 Å². The van der Waals surface area contributed by atoms with Gasteiger partial charge < -0.3 is 4.90 Å². The maximum absolute atomic E-state index is 11.9. The van der Waals surface area contributed by atoms with Gasteiger partial charge in [-0.25, -0.2) is 5.10 Å². The van der Waals surface area contributed by atoms with Crippen molar-refractivity contribution >= 4 is 17.8 Å². The summed E-state index contributed by atoms with van der Waals surface area (Å²) in [6, 6.07) is 0. The third kappa shape index (κ3) is 2.19. The second-order valence-corrected chi connectivity index (χ2v) is 5.63. The summed E-state index contributed by atoms with van der Waals surface area (Å²) in [6.07, 6.45) is 4.49. The predicted octanol–water partition coefficient (Wildman–Crippen LogP) is 1.25. The molecule has 1 aromatic heterocycles. The van der Waals surface area contributed by atoms with Crippen LogP contribution in [0.3, 0.4) is 0 Å². The number of anilines is 2. The standard InChI is InChI=1S/C12H19N5O/c1-17(2)12-14-11(15-16-12)13-10(18)6-8-4-3-7-5-9(7)8/h7-9H,3-6H2,1-2H3,(H2,13,14,15,16,18). The zero-order valence-electron chi connectivity index (χ0n) is 10.8. The predicted molar refractivity (Wildman–Crippen MR) is 68.3 cm³/mol. The minimum Gasteiger partial charge on any atom is -0.346 e. The lowest BCUT2D eigenvalue weighted by Gasteiger charge is -2.10. The van der Waals surface area contributed by atoms with Crippen LogP contribution in [0.2, 0.25) is 0 Å². The first kappa shape index (κ1) is 11.5. The van der Waals surface area contributed by atoms with Crippen molar-refractivity contribution in [1.82, 2.24) is 15.2 Å². The van der Waals surface area contributed by atoms with Gasteiger partial charge in [-0.2, -0.15) is 4.98 Å². The first-order valence-corrected chi connectivity index (χ1v) is 6.53. The SMILES string of the molecule is CN(C)c1n[nH]c(NC(=O)CC2CCC3CC23)n1. The summed E-state index contributed by atoms with van der Waals surface area (Å²) in [5.74, 6) is 3.40. The minimum absolute atomic E-state index is 0.0500. The summed E-state index contributed by atoms with van der Waals surface area (Å²) in [4.78, 5) is 17.9. The number of aromatic nitrogens is 3. The highest BCUT2D eigenvalue weighted by Crippen LogP contribution is 2.56. The quantitative estimate of drug-likeness (QED) is 0.842. The second kappa shape index (κ2) is 4.26. The lowest BCUT2D eigenvalue weighted by molar-refractivity contribution is -0.117. The summed E-state index contributed by atoms with van der Waals surface area (Å²) < 4.78 is 0. The average molecular weight is 249 g/mol. The fraction of sp³-hybridized carbons (Fsp3) is 0.750. The number of rotatable bonds is 4. The van der Waals surface area contributed by atoms with E-state index < -0.39 is 0 Å². The molecule has 3 rings (SSSR count). The fourth-order valence-corrected chi connectivity index (χ4v) is 3.01. The summed E-state index contributed by atoms with van der Waals surface area (Å²) in [7, 11) is 3.72. The van der Waals surface area contributed by atoms with Crippen molar-refractivity contribution in [2.24, 2.45) is 17.8 Å². The molecule has 0 aliphatic heterocycles. The van der Waals surface area contributed by atoms with E-state index in [0.717, 1.165) is 11.8 Å². The smallest absolute Gasteiger partial charge is 0.245 e. The minimum atomic E-state index is 0.0500. The number of hydrogen-bond acceptors (Lipinski definition) is 4. The molecule has 0 aromatic carbocycles. The molecule has 3 unspecified atom stereocenters. The Morgan fingerprint density at radius 2 is 2.33 bits per heavy atom. The zero-order valence-corrected chi connectivity index (χ0v) is 10.8. The number of hydrogen-bond donors (Lipinski definition) is 2. The van der Waals surface area contributed by atoms with E-state index in [4.69, 9.17) is 0 Å². The van der Waals surface area contributed by atoms with Crippen LogP contribution < -0.4 is 10.2 Å². The topological polar surface area (TPSA) is 73.9 Å². The maximum atomic E-state index is 11.9. The molecular weight excluding hydrogens is 230 g/mol. The van der Waals surface area contributed by atoms with Crippen LogP contribution in [0.4, 0.5) is 11.9 Å². The molecule has 0 bridgehead atoms. The molecule has 98 valence electrons.